The summed E-state index contributed by atoms with van der Waals surface area (Å²) in [6.45, 7) is 7.11. The number of benzene rings is 2. The molecule has 0 N–H and O–H groups in total. The summed E-state index contributed by atoms with van der Waals surface area (Å²) in [6.07, 6.45) is 1.78. The molecule has 4 heteroatoms. The van der Waals surface area contributed by atoms with Crippen LogP contribution in [0, 0.1) is 6.57 Å². The minimum absolute atomic E-state index is 0.627. The SMILES string of the molecule is [C-]#[N+]c1ccc2nc3c(cc(Br)c4cccnc43)cc2c1. The van der Waals surface area contributed by atoms with E-state index in [4.69, 9.17) is 11.6 Å². The van der Waals surface area contributed by atoms with E-state index in [0.29, 0.717) is 5.69 Å². The smallest absolute Gasteiger partial charge is 0.187 e. The maximum Gasteiger partial charge on any atom is 0.187 e. The molecule has 2 heterocycles. The second kappa shape index (κ2) is 4.51. The van der Waals surface area contributed by atoms with Crippen LogP contribution in [0.3, 0.4) is 0 Å². The van der Waals surface area contributed by atoms with Gasteiger partial charge in [-0.2, -0.15) is 0 Å². The topological polar surface area (TPSA) is 30.1 Å². The van der Waals surface area contributed by atoms with Gasteiger partial charge in [-0.3, -0.25) is 4.98 Å². The van der Waals surface area contributed by atoms with Crippen molar-refractivity contribution >= 4 is 54.3 Å². The molecule has 0 amide bonds. The molecule has 4 aromatic rings. The number of hydrogen-bond donors (Lipinski definition) is 0. The van der Waals surface area contributed by atoms with E-state index in [1.165, 1.54) is 0 Å². The second-order valence-electron chi connectivity index (χ2n) is 4.81. The number of nitrogens with zero attached hydrogens (tertiary/aromatic N) is 3. The molecule has 0 fully saturated rings. The highest BCUT2D eigenvalue weighted by molar-refractivity contribution is 9.10. The van der Waals surface area contributed by atoms with Crippen molar-refractivity contribution in [2.24, 2.45) is 0 Å². The van der Waals surface area contributed by atoms with Gasteiger partial charge in [-0.1, -0.05) is 28.1 Å². The van der Waals surface area contributed by atoms with E-state index < -0.39 is 0 Å². The molecule has 2 aromatic carbocycles. The summed E-state index contributed by atoms with van der Waals surface area (Å²) in [6, 6.07) is 13.6. The lowest BCUT2D eigenvalue weighted by Crippen LogP contribution is -1.87. The first-order valence-corrected chi connectivity index (χ1v) is 7.21. The van der Waals surface area contributed by atoms with Crippen LogP contribution in [-0.4, -0.2) is 9.97 Å². The summed E-state index contributed by atoms with van der Waals surface area (Å²) in [5.74, 6) is 0. The van der Waals surface area contributed by atoms with Gasteiger partial charge < -0.3 is 0 Å². The van der Waals surface area contributed by atoms with Crippen molar-refractivity contribution in [1.82, 2.24) is 9.97 Å². The molecule has 0 unspecified atom stereocenters. The van der Waals surface area contributed by atoms with Crippen LogP contribution in [0.15, 0.2) is 53.1 Å². The van der Waals surface area contributed by atoms with E-state index in [9.17, 15) is 0 Å². The van der Waals surface area contributed by atoms with Crippen molar-refractivity contribution in [3.63, 3.8) is 0 Å². The Labute approximate surface area is 129 Å². The van der Waals surface area contributed by atoms with Crippen molar-refractivity contribution in [2.45, 2.75) is 0 Å². The maximum absolute atomic E-state index is 7.11. The van der Waals surface area contributed by atoms with Crippen molar-refractivity contribution in [3.8, 4) is 0 Å². The quantitative estimate of drug-likeness (QED) is 0.250. The summed E-state index contributed by atoms with van der Waals surface area (Å²) in [5.41, 5.74) is 3.28. The zero-order valence-electron chi connectivity index (χ0n) is 10.8. The van der Waals surface area contributed by atoms with Gasteiger partial charge in [0.15, 0.2) is 5.69 Å². The molecule has 0 bridgehead atoms. The molecule has 3 nitrogen and oxygen atoms in total. The fourth-order valence-corrected chi connectivity index (χ4v) is 3.12. The van der Waals surface area contributed by atoms with Gasteiger partial charge >= 0.3 is 0 Å². The van der Waals surface area contributed by atoms with Gasteiger partial charge in [0.2, 0.25) is 0 Å². The van der Waals surface area contributed by atoms with Gasteiger partial charge in [0.25, 0.3) is 0 Å². The van der Waals surface area contributed by atoms with E-state index in [0.717, 1.165) is 37.2 Å². The second-order valence-corrected chi connectivity index (χ2v) is 5.66. The molecule has 4 rings (SSSR count). The van der Waals surface area contributed by atoms with Crippen LogP contribution in [-0.2, 0) is 0 Å². The van der Waals surface area contributed by atoms with Crippen molar-refractivity contribution in [2.75, 3.05) is 0 Å². The Morgan fingerprint density at radius 1 is 1.00 bits per heavy atom. The third-order valence-electron chi connectivity index (χ3n) is 3.53. The summed E-state index contributed by atoms with van der Waals surface area (Å²) in [5, 5.41) is 3.04. The van der Waals surface area contributed by atoms with Crippen LogP contribution in [0.5, 0.6) is 0 Å². The van der Waals surface area contributed by atoms with Crippen LogP contribution in [0.1, 0.15) is 0 Å². The number of halogens is 1. The first-order valence-electron chi connectivity index (χ1n) is 6.41. The molecule has 0 aliphatic carbocycles. The average molecular weight is 334 g/mol. The van der Waals surface area contributed by atoms with Crippen LogP contribution < -0.4 is 0 Å². The van der Waals surface area contributed by atoms with E-state index in [1.807, 2.05) is 24.3 Å². The van der Waals surface area contributed by atoms with Crippen molar-refractivity contribution in [1.29, 1.82) is 0 Å². The molecule has 0 aliphatic heterocycles. The Morgan fingerprint density at radius 2 is 1.90 bits per heavy atom. The number of fused-ring (bicyclic) bond motifs is 4. The molecule has 21 heavy (non-hydrogen) atoms. The van der Waals surface area contributed by atoms with E-state index in [-0.39, 0.29) is 0 Å². The Hall–Kier alpha value is -2.51. The monoisotopic (exact) mass is 333 g/mol. The van der Waals surface area contributed by atoms with Gasteiger partial charge in [-0.05, 0) is 35.7 Å². The molecule has 0 saturated heterocycles. The van der Waals surface area contributed by atoms with Gasteiger partial charge in [-0.15, -0.1) is 0 Å². The van der Waals surface area contributed by atoms with Crippen LogP contribution in [0.4, 0.5) is 5.69 Å². The number of pyridine rings is 2. The van der Waals surface area contributed by atoms with Crippen LogP contribution in [0.2, 0.25) is 0 Å². The van der Waals surface area contributed by atoms with Crippen LogP contribution in [0.25, 0.3) is 37.6 Å². The first-order chi connectivity index (χ1) is 10.3. The maximum atomic E-state index is 7.11. The Balaban J connectivity index is 2.20. The number of rotatable bonds is 0. The van der Waals surface area contributed by atoms with Gasteiger partial charge in [0.1, 0.15) is 0 Å². The zero-order chi connectivity index (χ0) is 14.4. The molecule has 0 aliphatic rings. The highest BCUT2D eigenvalue weighted by atomic mass is 79.9. The third kappa shape index (κ3) is 1.86. The Kier molecular flexibility index (Phi) is 2.63. The highest BCUT2D eigenvalue weighted by Gasteiger charge is 2.08. The highest BCUT2D eigenvalue weighted by Crippen LogP contribution is 2.32. The van der Waals surface area contributed by atoms with E-state index in [2.05, 4.69) is 37.9 Å². The Morgan fingerprint density at radius 3 is 2.76 bits per heavy atom. The minimum Gasteiger partial charge on any atom is -0.254 e. The van der Waals surface area contributed by atoms with E-state index >= 15 is 0 Å². The molecule has 0 spiro atoms. The minimum atomic E-state index is 0.627. The Bertz CT molecular complexity index is 1060. The summed E-state index contributed by atoms with van der Waals surface area (Å²) in [7, 11) is 0. The molecule has 98 valence electrons. The normalized spacial score (nSPS) is 11.0. The molecule has 0 radical (unpaired) electrons. The molecule has 2 aromatic heterocycles. The fourth-order valence-electron chi connectivity index (χ4n) is 2.55. The lowest BCUT2D eigenvalue weighted by atomic mass is 10.1. The van der Waals surface area contributed by atoms with Gasteiger partial charge in [0.05, 0.1) is 23.1 Å². The van der Waals surface area contributed by atoms with Crippen molar-refractivity contribution < 1.29 is 0 Å². The zero-order valence-corrected chi connectivity index (χ0v) is 12.4. The average Bonchev–Trinajstić information content (AvgIpc) is 2.53. The van der Waals surface area contributed by atoms with Crippen LogP contribution >= 0.6 is 15.9 Å². The van der Waals surface area contributed by atoms with Gasteiger partial charge in [0, 0.05) is 21.4 Å². The summed E-state index contributed by atoms with van der Waals surface area (Å²) >= 11 is 3.59. The van der Waals surface area contributed by atoms with Gasteiger partial charge in [-0.25, -0.2) is 9.83 Å². The number of hydrogen-bond acceptors (Lipinski definition) is 2. The fraction of sp³-hybridized carbons (Fsp3) is 0. The predicted octanol–water partition coefficient (Wildman–Crippen LogP) is 5.25. The molecule has 0 atom stereocenters. The van der Waals surface area contributed by atoms with Crippen molar-refractivity contribution in [3.05, 3.63) is 64.6 Å². The molecule has 0 saturated carbocycles. The van der Waals surface area contributed by atoms with E-state index in [1.54, 1.807) is 12.3 Å². The lowest BCUT2D eigenvalue weighted by Gasteiger charge is -2.07. The largest absolute Gasteiger partial charge is 0.254 e. The lowest BCUT2D eigenvalue weighted by molar-refractivity contribution is 1.40. The first kappa shape index (κ1) is 12.2. The third-order valence-corrected chi connectivity index (χ3v) is 4.18. The summed E-state index contributed by atoms with van der Waals surface area (Å²) < 4.78 is 1.00. The standard InChI is InChI=1S/C17H8BrN3/c1-19-12-4-5-15-10(8-12)7-11-9-14(18)13-3-2-6-20-17(13)16(11)21-15/h2-9H. The predicted molar refractivity (Wildman–Crippen MR) is 88.5 cm³/mol. The molecular weight excluding hydrogens is 326 g/mol. The molecular formula is C17H8BrN3. The number of aromatic nitrogens is 2. The summed E-state index contributed by atoms with van der Waals surface area (Å²) in [4.78, 5) is 12.7.